The minimum absolute atomic E-state index is 0.267. The van der Waals surface area contributed by atoms with Gasteiger partial charge in [-0.15, -0.1) is 0 Å². The number of hydrogen-bond donors (Lipinski definition) is 2. The van der Waals surface area contributed by atoms with E-state index < -0.39 is 0 Å². The van der Waals surface area contributed by atoms with Crippen LogP contribution < -0.4 is 5.32 Å². The molecule has 0 unspecified atom stereocenters. The molecule has 0 aliphatic rings. The number of nitrogens with one attached hydrogen (secondary N) is 2. The van der Waals surface area contributed by atoms with Gasteiger partial charge in [0.15, 0.2) is 6.61 Å². The van der Waals surface area contributed by atoms with Gasteiger partial charge in [0.1, 0.15) is 0 Å². The maximum atomic E-state index is 12.0. The quantitative estimate of drug-likeness (QED) is 0.583. The molecule has 0 radical (unpaired) electrons. The van der Waals surface area contributed by atoms with Crippen molar-refractivity contribution in [3.8, 4) is 0 Å². The molecule has 0 spiro atoms. The van der Waals surface area contributed by atoms with Crippen molar-refractivity contribution in [2.75, 3.05) is 11.9 Å². The van der Waals surface area contributed by atoms with Crippen LogP contribution in [0.3, 0.4) is 0 Å². The predicted molar refractivity (Wildman–Crippen MR) is 107 cm³/mol. The standard InChI is InChI=1S/C21H21ClN2O3/c1-14-9-10-16(22)11-19(14)24-20(25)13-27-21(26)8-4-5-15-12-23-18-7-3-2-6-17(15)18/h2-3,6-7,9-12,23H,4-5,8,13H2,1H3,(H,24,25). The highest BCUT2D eigenvalue weighted by molar-refractivity contribution is 6.31. The van der Waals surface area contributed by atoms with Crippen molar-refractivity contribution in [2.24, 2.45) is 0 Å². The number of ether oxygens (including phenoxy) is 1. The summed E-state index contributed by atoms with van der Waals surface area (Å²) in [5, 5.41) is 4.40. The summed E-state index contributed by atoms with van der Waals surface area (Å²) < 4.78 is 5.06. The lowest BCUT2D eigenvalue weighted by atomic mass is 10.1. The SMILES string of the molecule is Cc1ccc(Cl)cc1NC(=O)COC(=O)CCCc1c[nH]c2ccccc12. The van der Waals surface area contributed by atoms with E-state index in [4.69, 9.17) is 16.3 Å². The second-order valence-electron chi connectivity index (χ2n) is 6.38. The molecule has 0 saturated heterocycles. The van der Waals surface area contributed by atoms with Crippen molar-refractivity contribution in [3.05, 3.63) is 64.8 Å². The lowest BCUT2D eigenvalue weighted by molar-refractivity contribution is -0.147. The van der Waals surface area contributed by atoms with Gasteiger partial charge in [-0.2, -0.15) is 0 Å². The Hall–Kier alpha value is -2.79. The number of hydrogen-bond acceptors (Lipinski definition) is 3. The number of benzene rings is 2. The fraction of sp³-hybridized carbons (Fsp3) is 0.238. The molecule has 0 saturated carbocycles. The van der Waals surface area contributed by atoms with E-state index in [1.54, 1.807) is 12.1 Å². The number of aryl methyl sites for hydroxylation is 2. The number of aromatic nitrogens is 1. The number of carbonyl (C=O) groups is 2. The topological polar surface area (TPSA) is 71.2 Å². The van der Waals surface area contributed by atoms with E-state index in [-0.39, 0.29) is 24.9 Å². The van der Waals surface area contributed by atoms with Crippen LogP contribution in [0.15, 0.2) is 48.7 Å². The molecule has 140 valence electrons. The third kappa shape index (κ3) is 5.11. The number of amides is 1. The first kappa shape index (κ1) is 19.0. The summed E-state index contributed by atoms with van der Waals surface area (Å²) in [5.41, 5.74) is 3.76. The first-order valence-electron chi connectivity index (χ1n) is 8.79. The maximum Gasteiger partial charge on any atom is 0.306 e. The fourth-order valence-electron chi connectivity index (χ4n) is 2.90. The number of anilines is 1. The van der Waals surface area contributed by atoms with Gasteiger partial charge < -0.3 is 15.0 Å². The van der Waals surface area contributed by atoms with E-state index in [1.165, 1.54) is 10.9 Å². The summed E-state index contributed by atoms with van der Waals surface area (Å²) in [6.07, 6.45) is 3.67. The van der Waals surface area contributed by atoms with Crippen LogP contribution in [0.4, 0.5) is 5.69 Å². The molecule has 0 atom stereocenters. The van der Waals surface area contributed by atoms with Crippen molar-refractivity contribution < 1.29 is 14.3 Å². The molecule has 27 heavy (non-hydrogen) atoms. The Morgan fingerprint density at radius 3 is 2.85 bits per heavy atom. The van der Waals surface area contributed by atoms with Gasteiger partial charge in [-0.3, -0.25) is 9.59 Å². The Morgan fingerprint density at radius 2 is 2.00 bits per heavy atom. The second kappa shape index (κ2) is 8.73. The average Bonchev–Trinajstić information content (AvgIpc) is 3.06. The summed E-state index contributed by atoms with van der Waals surface area (Å²) in [6.45, 7) is 1.56. The first-order valence-corrected chi connectivity index (χ1v) is 9.17. The number of para-hydroxylation sites is 1. The fourth-order valence-corrected chi connectivity index (χ4v) is 3.07. The molecule has 0 aliphatic heterocycles. The molecule has 0 fully saturated rings. The monoisotopic (exact) mass is 384 g/mol. The third-order valence-corrected chi connectivity index (χ3v) is 4.57. The van der Waals surface area contributed by atoms with Crippen molar-refractivity contribution in [1.82, 2.24) is 4.98 Å². The average molecular weight is 385 g/mol. The van der Waals surface area contributed by atoms with E-state index in [0.717, 1.165) is 17.5 Å². The van der Waals surface area contributed by atoms with Crippen LogP contribution in [-0.2, 0) is 20.7 Å². The lowest BCUT2D eigenvalue weighted by Gasteiger charge is -2.09. The molecule has 0 aliphatic carbocycles. The molecule has 5 nitrogen and oxygen atoms in total. The summed E-state index contributed by atoms with van der Waals surface area (Å²) in [4.78, 5) is 27.1. The highest BCUT2D eigenvalue weighted by atomic mass is 35.5. The predicted octanol–water partition coefficient (Wildman–Crippen LogP) is 4.63. The maximum absolute atomic E-state index is 12.0. The number of esters is 1. The van der Waals surface area contributed by atoms with Gasteiger partial charge in [0.2, 0.25) is 0 Å². The van der Waals surface area contributed by atoms with Crippen molar-refractivity contribution in [3.63, 3.8) is 0 Å². The van der Waals surface area contributed by atoms with Gasteiger partial charge in [0, 0.05) is 34.2 Å². The molecular formula is C21H21ClN2O3. The van der Waals surface area contributed by atoms with Crippen LogP contribution in [0.1, 0.15) is 24.0 Å². The third-order valence-electron chi connectivity index (χ3n) is 4.34. The Labute approximate surface area is 162 Å². The normalized spacial score (nSPS) is 10.7. The molecule has 0 bridgehead atoms. The van der Waals surface area contributed by atoms with Crippen LogP contribution in [-0.4, -0.2) is 23.5 Å². The summed E-state index contributed by atoms with van der Waals surface area (Å²) in [7, 11) is 0. The zero-order valence-electron chi connectivity index (χ0n) is 15.0. The number of fused-ring (bicyclic) bond motifs is 1. The number of rotatable bonds is 7. The Morgan fingerprint density at radius 1 is 1.19 bits per heavy atom. The summed E-state index contributed by atoms with van der Waals surface area (Å²) >= 11 is 5.92. The Kier molecular flexibility index (Phi) is 6.14. The van der Waals surface area contributed by atoms with Crippen molar-refractivity contribution in [2.45, 2.75) is 26.2 Å². The van der Waals surface area contributed by atoms with Crippen LogP contribution in [0.2, 0.25) is 5.02 Å². The smallest absolute Gasteiger partial charge is 0.306 e. The van der Waals surface area contributed by atoms with Crippen LogP contribution in [0.25, 0.3) is 10.9 Å². The van der Waals surface area contributed by atoms with Gasteiger partial charge >= 0.3 is 5.97 Å². The molecule has 3 aromatic rings. The minimum Gasteiger partial charge on any atom is -0.456 e. The molecular weight excluding hydrogens is 364 g/mol. The van der Waals surface area contributed by atoms with E-state index in [0.29, 0.717) is 17.1 Å². The largest absolute Gasteiger partial charge is 0.456 e. The van der Waals surface area contributed by atoms with Crippen molar-refractivity contribution in [1.29, 1.82) is 0 Å². The Balaban J connectivity index is 1.41. The zero-order valence-corrected chi connectivity index (χ0v) is 15.8. The molecule has 2 N–H and O–H groups in total. The number of carbonyl (C=O) groups excluding carboxylic acids is 2. The van der Waals surface area contributed by atoms with E-state index in [9.17, 15) is 9.59 Å². The van der Waals surface area contributed by atoms with Gasteiger partial charge in [-0.25, -0.2) is 0 Å². The van der Waals surface area contributed by atoms with Crippen LogP contribution in [0, 0.1) is 6.92 Å². The Bertz CT molecular complexity index is 965. The zero-order chi connectivity index (χ0) is 19.2. The number of aromatic amines is 1. The van der Waals surface area contributed by atoms with E-state index in [1.807, 2.05) is 37.4 Å². The molecule has 1 aromatic heterocycles. The lowest BCUT2D eigenvalue weighted by Crippen LogP contribution is -2.21. The second-order valence-corrected chi connectivity index (χ2v) is 6.82. The van der Waals surface area contributed by atoms with Crippen LogP contribution in [0.5, 0.6) is 0 Å². The van der Waals surface area contributed by atoms with Crippen molar-refractivity contribution >= 4 is 40.1 Å². The highest BCUT2D eigenvalue weighted by Gasteiger charge is 2.10. The van der Waals surface area contributed by atoms with Gasteiger partial charge in [0.05, 0.1) is 0 Å². The first-order chi connectivity index (χ1) is 13.0. The van der Waals surface area contributed by atoms with Gasteiger partial charge in [0.25, 0.3) is 5.91 Å². The molecule has 3 rings (SSSR count). The molecule has 2 aromatic carbocycles. The summed E-state index contributed by atoms with van der Waals surface area (Å²) in [6, 6.07) is 13.3. The highest BCUT2D eigenvalue weighted by Crippen LogP contribution is 2.21. The summed E-state index contributed by atoms with van der Waals surface area (Å²) in [5.74, 6) is -0.766. The van der Waals surface area contributed by atoms with Gasteiger partial charge in [-0.1, -0.05) is 35.9 Å². The van der Waals surface area contributed by atoms with E-state index in [2.05, 4.69) is 16.4 Å². The minimum atomic E-state index is -0.384. The van der Waals surface area contributed by atoms with Crippen LogP contribution >= 0.6 is 11.6 Å². The molecule has 6 heteroatoms. The molecule has 1 amide bonds. The number of H-pyrrole nitrogens is 1. The number of halogens is 1. The van der Waals surface area contributed by atoms with E-state index >= 15 is 0 Å². The molecule has 1 heterocycles. The van der Waals surface area contributed by atoms with Gasteiger partial charge in [-0.05, 0) is 49.1 Å².